The van der Waals surface area contributed by atoms with Gasteiger partial charge in [-0.15, -0.1) is 0 Å². The molecule has 5 heteroatoms. The largest absolute Gasteiger partial charge is 0.457 e. The Morgan fingerprint density at radius 3 is 2.56 bits per heavy atom. The molecule has 5 rings (SSSR count). The van der Waals surface area contributed by atoms with Crippen molar-refractivity contribution >= 4 is 11.7 Å². The first-order chi connectivity index (χ1) is 13.2. The van der Waals surface area contributed by atoms with E-state index in [0.717, 1.165) is 11.3 Å². The van der Waals surface area contributed by atoms with Crippen molar-refractivity contribution in [3.63, 3.8) is 0 Å². The molecule has 0 amide bonds. The fourth-order valence-corrected chi connectivity index (χ4v) is 3.38. The molecule has 3 aromatic carbocycles. The number of carbonyl (C=O) groups is 1. The van der Waals surface area contributed by atoms with E-state index in [9.17, 15) is 4.79 Å². The standard InChI is InChI=1S/C22H15NO4/c24-21-18-11-4-5-12-19(18)22(26-21)14-20(23-27-22)15-7-6-10-17(13-15)25-16-8-2-1-3-9-16/h1-13H,14H2. The predicted molar refractivity (Wildman–Crippen MR) is 98.7 cm³/mol. The molecule has 2 heterocycles. The maximum absolute atomic E-state index is 12.2. The van der Waals surface area contributed by atoms with Crippen molar-refractivity contribution in [3.8, 4) is 11.5 Å². The van der Waals surface area contributed by atoms with Gasteiger partial charge >= 0.3 is 11.8 Å². The fourth-order valence-electron chi connectivity index (χ4n) is 3.38. The number of hydrogen-bond donors (Lipinski definition) is 0. The van der Waals surface area contributed by atoms with Gasteiger partial charge in [-0.05, 0) is 30.3 Å². The molecule has 132 valence electrons. The summed E-state index contributed by atoms with van der Waals surface area (Å²) in [5.74, 6) is -0.0944. The van der Waals surface area contributed by atoms with Gasteiger partial charge in [0.05, 0.1) is 23.3 Å². The number of ether oxygens (including phenoxy) is 2. The number of benzene rings is 3. The first-order valence-electron chi connectivity index (χ1n) is 8.65. The summed E-state index contributed by atoms with van der Waals surface area (Å²) >= 11 is 0. The van der Waals surface area contributed by atoms with Gasteiger partial charge < -0.3 is 14.3 Å². The second kappa shape index (κ2) is 5.99. The van der Waals surface area contributed by atoms with Crippen LogP contribution in [0.4, 0.5) is 0 Å². The topological polar surface area (TPSA) is 57.1 Å². The van der Waals surface area contributed by atoms with Crippen molar-refractivity contribution in [1.29, 1.82) is 0 Å². The van der Waals surface area contributed by atoms with Crippen LogP contribution in [0.5, 0.6) is 11.5 Å². The number of oxime groups is 1. The van der Waals surface area contributed by atoms with Gasteiger partial charge in [0, 0.05) is 5.56 Å². The number of hydrogen-bond acceptors (Lipinski definition) is 5. The van der Waals surface area contributed by atoms with Crippen molar-refractivity contribution in [2.45, 2.75) is 12.2 Å². The van der Waals surface area contributed by atoms with Gasteiger partial charge in [0.2, 0.25) is 0 Å². The fraction of sp³-hybridized carbons (Fsp3) is 0.0909. The molecule has 2 aliphatic rings. The van der Waals surface area contributed by atoms with Crippen LogP contribution in [0.2, 0.25) is 0 Å². The minimum Gasteiger partial charge on any atom is -0.457 e. The Labute approximate surface area is 155 Å². The van der Waals surface area contributed by atoms with Crippen LogP contribution < -0.4 is 4.74 Å². The van der Waals surface area contributed by atoms with E-state index in [1.807, 2.05) is 66.7 Å². The van der Waals surface area contributed by atoms with Gasteiger partial charge in [-0.1, -0.05) is 53.7 Å². The maximum atomic E-state index is 12.2. The normalized spacial score (nSPS) is 20.0. The number of fused-ring (bicyclic) bond motifs is 2. The molecule has 27 heavy (non-hydrogen) atoms. The third-order valence-electron chi connectivity index (χ3n) is 4.66. The molecule has 0 saturated heterocycles. The van der Waals surface area contributed by atoms with E-state index < -0.39 is 5.79 Å². The van der Waals surface area contributed by atoms with Crippen LogP contribution in [0.3, 0.4) is 0 Å². The van der Waals surface area contributed by atoms with Crippen LogP contribution in [0.1, 0.15) is 27.9 Å². The number of rotatable bonds is 3. The Kier molecular flexibility index (Phi) is 3.47. The highest BCUT2D eigenvalue weighted by atomic mass is 16.8. The molecule has 0 fully saturated rings. The lowest BCUT2D eigenvalue weighted by atomic mass is 9.95. The second-order valence-corrected chi connectivity index (χ2v) is 6.44. The van der Waals surface area contributed by atoms with Crippen molar-refractivity contribution in [2.24, 2.45) is 5.16 Å². The minimum absolute atomic E-state index is 0.352. The van der Waals surface area contributed by atoms with Crippen molar-refractivity contribution in [2.75, 3.05) is 0 Å². The highest BCUT2D eigenvalue weighted by Crippen LogP contribution is 2.44. The summed E-state index contributed by atoms with van der Waals surface area (Å²) in [4.78, 5) is 17.8. The zero-order valence-corrected chi connectivity index (χ0v) is 14.3. The smallest absolute Gasteiger partial charge is 0.342 e. The zero-order chi connectivity index (χ0) is 18.3. The van der Waals surface area contributed by atoms with Crippen molar-refractivity contribution in [3.05, 3.63) is 95.6 Å². The molecule has 0 radical (unpaired) electrons. The Hall–Kier alpha value is -3.60. The number of carbonyl (C=O) groups excluding carboxylic acids is 1. The summed E-state index contributed by atoms with van der Waals surface area (Å²) in [7, 11) is 0. The van der Waals surface area contributed by atoms with Gasteiger partial charge in [0.25, 0.3) is 0 Å². The van der Waals surface area contributed by atoms with E-state index >= 15 is 0 Å². The van der Waals surface area contributed by atoms with Crippen LogP contribution in [-0.2, 0) is 15.4 Å². The molecule has 0 bridgehead atoms. The summed E-state index contributed by atoms with van der Waals surface area (Å²) in [6.45, 7) is 0. The highest BCUT2D eigenvalue weighted by molar-refractivity contribution is 6.03. The molecular weight excluding hydrogens is 342 g/mol. The van der Waals surface area contributed by atoms with E-state index in [1.165, 1.54) is 0 Å². The highest BCUT2D eigenvalue weighted by Gasteiger charge is 2.52. The third-order valence-corrected chi connectivity index (χ3v) is 4.66. The molecule has 0 saturated carbocycles. The van der Waals surface area contributed by atoms with Crippen molar-refractivity contribution in [1.82, 2.24) is 0 Å². The van der Waals surface area contributed by atoms with Crippen LogP contribution >= 0.6 is 0 Å². The van der Waals surface area contributed by atoms with Gasteiger partial charge in [0.15, 0.2) is 0 Å². The second-order valence-electron chi connectivity index (χ2n) is 6.44. The Balaban J connectivity index is 1.41. The Morgan fingerprint density at radius 1 is 0.889 bits per heavy atom. The summed E-state index contributed by atoms with van der Waals surface area (Å²) < 4.78 is 11.4. The van der Waals surface area contributed by atoms with Gasteiger partial charge in [-0.25, -0.2) is 4.79 Å². The van der Waals surface area contributed by atoms with Gasteiger partial charge in [-0.3, -0.25) is 0 Å². The molecule has 5 nitrogen and oxygen atoms in total. The molecular formula is C22H15NO4. The number of para-hydroxylation sites is 1. The predicted octanol–water partition coefficient (Wildman–Crippen LogP) is 4.63. The minimum atomic E-state index is -1.17. The van der Waals surface area contributed by atoms with E-state index in [-0.39, 0.29) is 5.97 Å². The molecule has 0 N–H and O–H groups in total. The monoisotopic (exact) mass is 357 g/mol. The average Bonchev–Trinajstić information content (AvgIpc) is 3.25. The average molecular weight is 357 g/mol. The lowest BCUT2D eigenvalue weighted by Gasteiger charge is -2.20. The van der Waals surface area contributed by atoms with Crippen LogP contribution in [0.25, 0.3) is 0 Å². The van der Waals surface area contributed by atoms with Crippen LogP contribution in [0.15, 0.2) is 84.0 Å². The molecule has 1 unspecified atom stereocenters. The van der Waals surface area contributed by atoms with E-state index in [2.05, 4.69) is 5.16 Å². The van der Waals surface area contributed by atoms with E-state index in [4.69, 9.17) is 14.3 Å². The van der Waals surface area contributed by atoms with Crippen molar-refractivity contribution < 1.29 is 19.1 Å². The van der Waals surface area contributed by atoms with Gasteiger partial charge in [0.1, 0.15) is 11.5 Å². The lowest BCUT2D eigenvalue weighted by molar-refractivity contribution is -0.186. The Morgan fingerprint density at radius 2 is 1.67 bits per heavy atom. The molecule has 1 atom stereocenters. The van der Waals surface area contributed by atoms with Gasteiger partial charge in [-0.2, -0.15) is 0 Å². The number of esters is 1. The first kappa shape index (κ1) is 15.6. The molecule has 1 spiro atoms. The quantitative estimate of drug-likeness (QED) is 0.642. The summed E-state index contributed by atoms with van der Waals surface area (Å²) in [6, 6.07) is 24.4. The summed E-state index contributed by atoms with van der Waals surface area (Å²) in [5.41, 5.74) is 2.80. The number of nitrogens with zero attached hydrogens (tertiary/aromatic N) is 1. The van der Waals surface area contributed by atoms with E-state index in [0.29, 0.717) is 29.0 Å². The summed E-state index contributed by atoms with van der Waals surface area (Å²) in [6.07, 6.45) is 0.352. The Bertz CT molecular complexity index is 1060. The molecule has 0 aliphatic carbocycles. The first-order valence-corrected chi connectivity index (χ1v) is 8.65. The molecule has 3 aromatic rings. The molecule has 0 aromatic heterocycles. The SMILES string of the molecule is O=C1OC2(CC(c3cccc(Oc4ccccc4)c3)=NO2)c2ccccc21. The maximum Gasteiger partial charge on any atom is 0.342 e. The van der Waals surface area contributed by atoms with Crippen LogP contribution in [-0.4, -0.2) is 11.7 Å². The van der Waals surface area contributed by atoms with E-state index in [1.54, 1.807) is 12.1 Å². The van der Waals surface area contributed by atoms with Crippen LogP contribution in [0, 0.1) is 0 Å². The zero-order valence-electron chi connectivity index (χ0n) is 14.3. The summed E-state index contributed by atoms with van der Waals surface area (Å²) in [5, 5.41) is 4.21. The molecule has 2 aliphatic heterocycles. The lowest BCUT2D eigenvalue weighted by Crippen LogP contribution is -2.26. The third kappa shape index (κ3) is 2.64.